The Kier molecular flexibility index (Phi) is 7.78. The number of hydrogen-bond donors (Lipinski definition) is 1. The Labute approximate surface area is 163 Å². The highest BCUT2D eigenvalue weighted by Crippen LogP contribution is 2.32. The van der Waals surface area contributed by atoms with Crippen molar-refractivity contribution in [3.05, 3.63) is 29.0 Å². The van der Waals surface area contributed by atoms with Gasteiger partial charge in [-0.25, -0.2) is 0 Å². The number of nitrogens with one attached hydrogen (secondary N) is 1. The SMILES string of the molecule is CCCCCn1cnnc1S[C@@H](C)C(=O)Nc1cc(C)c(Cl)cc1OC. The van der Waals surface area contributed by atoms with Crippen LogP contribution in [0.5, 0.6) is 5.75 Å². The molecule has 1 aromatic carbocycles. The number of carbonyl (C=O) groups is 1. The summed E-state index contributed by atoms with van der Waals surface area (Å²) in [6.07, 6.45) is 5.11. The van der Waals surface area contributed by atoms with Crippen molar-refractivity contribution in [2.24, 2.45) is 0 Å². The first kappa shape index (κ1) is 20.6. The molecule has 0 aliphatic heterocycles. The zero-order valence-electron chi connectivity index (χ0n) is 15.6. The fourth-order valence-corrected chi connectivity index (χ4v) is 3.40. The van der Waals surface area contributed by atoms with Crippen LogP contribution in [0.15, 0.2) is 23.6 Å². The van der Waals surface area contributed by atoms with E-state index in [4.69, 9.17) is 16.3 Å². The van der Waals surface area contributed by atoms with Crippen LogP contribution < -0.4 is 10.1 Å². The minimum Gasteiger partial charge on any atom is -0.495 e. The van der Waals surface area contributed by atoms with E-state index in [-0.39, 0.29) is 11.2 Å². The van der Waals surface area contributed by atoms with E-state index in [1.165, 1.54) is 11.8 Å². The number of benzene rings is 1. The smallest absolute Gasteiger partial charge is 0.237 e. The molecule has 0 saturated carbocycles. The van der Waals surface area contributed by atoms with Crippen LogP contribution in [0.1, 0.15) is 38.7 Å². The molecule has 6 nitrogen and oxygen atoms in total. The van der Waals surface area contributed by atoms with Crippen molar-refractivity contribution in [1.82, 2.24) is 14.8 Å². The second kappa shape index (κ2) is 9.83. The molecule has 2 rings (SSSR count). The summed E-state index contributed by atoms with van der Waals surface area (Å²) in [5, 5.41) is 12.0. The molecular weight excluding hydrogens is 372 g/mol. The standard InChI is InChI=1S/C18H25ClN4O2S/c1-5-6-7-8-23-11-20-22-18(23)26-13(3)17(24)21-15-9-12(2)14(19)10-16(15)25-4/h9-11,13H,5-8H2,1-4H3,(H,21,24)/t13-/m0/s1. The molecule has 1 amide bonds. The van der Waals surface area contributed by atoms with Gasteiger partial charge in [-0.1, -0.05) is 43.1 Å². The van der Waals surface area contributed by atoms with Gasteiger partial charge in [0.1, 0.15) is 12.1 Å². The Morgan fingerprint density at radius 1 is 1.42 bits per heavy atom. The number of ether oxygens (including phenoxy) is 1. The quantitative estimate of drug-likeness (QED) is 0.497. The van der Waals surface area contributed by atoms with E-state index in [1.54, 1.807) is 19.5 Å². The van der Waals surface area contributed by atoms with Crippen LogP contribution in [0.3, 0.4) is 0 Å². The summed E-state index contributed by atoms with van der Waals surface area (Å²) in [5.74, 6) is 0.409. The predicted octanol–water partition coefficient (Wildman–Crippen LogP) is 4.56. The number of carbonyl (C=O) groups excluding carboxylic acids is 1. The molecule has 26 heavy (non-hydrogen) atoms. The average molecular weight is 397 g/mol. The van der Waals surface area contributed by atoms with E-state index in [0.29, 0.717) is 16.5 Å². The Morgan fingerprint density at radius 2 is 2.19 bits per heavy atom. The van der Waals surface area contributed by atoms with Crippen LogP contribution in [-0.2, 0) is 11.3 Å². The van der Waals surface area contributed by atoms with Gasteiger partial charge in [-0.05, 0) is 31.9 Å². The van der Waals surface area contributed by atoms with Crippen LogP contribution in [0.25, 0.3) is 0 Å². The maximum atomic E-state index is 12.6. The summed E-state index contributed by atoms with van der Waals surface area (Å²) in [7, 11) is 1.55. The van der Waals surface area contributed by atoms with E-state index in [1.807, 2.05) is 24.5 Å². The second-order valence-corrected chi connectivity index (χ2v) is 7.78. The van der Waals surface area contributed by atoms with Gasteiger partial charge in [0, 0.05) is 17.6 Å². The summed E-state index contributed by atoms with van der Waals surface area (Å²) in [5.41, 5.74) is 1.48. The molecule has 1 N–H and O–H groups in total. The maximum absolute atomic E-state index is 12.6. The molecule has 0 aliphatic rings. The Hall–Kier alpha value is -1.73. The van der Waals surface area contributed by atoms with Gasteiger partial charge in [0.15, 0.2) is 5.16 Å². The molecular formula is C18H25ClN4O2S. The third-order valence-electron chi connectivity index (χ3n) is 3.97. The molecule has 0 fully saturated rings. The van der Waals surface area contributed by atoms with E-state index in [2.05, 4.69) is 22.4 Å². The third-order valence-corrected chi connectivity index (χ3v) is 5.47. The molecule has 1 atom stereocenters. The Bertz CT molecular complexity index is 751. The fraction of sp³-hybridized carbons (Fsp3) is 0.500. The molecule has 2 aromatic rings. The lowest BCUT2D eigenvalue weighted by atomic mass is 10.2. The largest absolute Gasteiger partial charge is 0.495 e. The number of unbranched alkanes of at least 4 members (excludes halogenated alkanes) is 2. The Balaban J connectivity index is 2.03. The molecule has 0 bridgehead atoms. The van der Waals surface area contributed by atoms with Crippen molar-refractivity contribution in [3.8, 4) is 5.75 Å². The van der Waals surface area contributed by atoms with Gasteiger partial charge < -0.3 is 14.6 Å². The Morgan fingerprint density at radius 3 is 2.88 bits per heavy atom. The molecule has 0 spiro atoms. The van der Waals surface area contributed by atoms with E-state index in [9.17, 15) is 4.79 Å². The highest BCUT2D eigenvalue weighted by molar-refractivity contribution is 8.00. The summed E-state index contributed by atoms with van der Waals surface area (Å²) < 4.78 is 7.31. The van der Waals surface area contributed by atoms with Crippen molar-refractivity contribution < 1.29 is 9.53 Å². The number of amides is 1. The molecule has 1 heterocycles. The predicted molar refractivity (Wildman–Crippen MR) is 106 cm³/mol. The number of anilines is 1. The molecule has 0 saturated heterocycles. The first-order chi connectivity index (χ1) is 12.5. The van der Waals surface area contributed by atoms with Crippen molar-refractivity contribution in [2.75, 3.05) is 12.4 Å². The number of halogens is 1. The number of aromatic nitrogens is 3. The minimum atomic E-state index is -0.329. The van der Waals surface area contributed by atoms with Gasteiger partial charge >= 0.3 is 0 Å². The lowest BCUT2D eigenvalue weighted by Crippen LogP contribution is -2.23. The normalized spacial score (nSPS) is 12.0. The average Bonchev–Trinajstić information content (AvgIpc) is 3.05. The van der Waals surface area contributed by atoms with E-state index in [0.717, 1.165) is 36.5 Å². The topological polar surface area (TPSA) is 69.0 Å². The fourth-order valence-electron chi connectivity index (χ4n) is 2.40. The van der Waals surface area contributed by atoms with Crippen molar-refractivity contribution in [2.45, 2.75) is 57.0 Å². The minimum absolute atomic E-state index is 0.127. The first-order valence-electron chi connectivity index (χ1n) is 8.65. The van der Waals surface area contributed by atoms with Crippen molar-refractivity contribution >= 4 is 35.0 Å². The number of hydrogen-bond acceptors (Lipinski definition) is 5. The van der Waals surface area contributed by atoms with Gasteiger partial charge in [-0.3, -0.25) is 4.79 Å². The molecule has 0 aliphatic carbocycles. The summed E-state index contributed by atoms with van der Waals surface area (Å²) in [6.45, 7) is 6.76. The van der Waals surface area contributed by atoms with Gasteiger partial charge in [0.25, 0.3) is 0 Å². The van der Waals surface area contributed by atoms with Crippen LogP contribution in [-0.4, -0.2) is 33.0 Å². The van der Waals surface area contributed by atoms with Crippen LogP contribution in [0.2, 0.25) is 5.02 Å². The van der Waals surface area contributed by atoms with Crippen LogP contribution >= 0.6 is 23.4 Å². The lowest BCUT2D eigenvalue weighted by Gasteiger charge is -2.15. The molecule has 0 radical (unpaired) electrons. The zero-order valence-corrected chi connectivity index (χ0v) is 17.2. The van der Waals surface area contributed by atoms with E-state index < -0.39 is 0 Å². The summed E-state index contributed by atoms with van der Waals surface area (Å²) >= 11 is 7.51. The van der Waals surface area contributed by atoms with Gasteiger partial charge in [0.2, 0.25) is 5.91 Å². The molecule has 8 heteroatoms. The van der Waals surface area contributed by atoms with Gasteiger partial charge in [-0.2, -0.15) is 0 Å². The second-order valence-electron chi connectivity index (χ2n) is 6.07. The number of methoxy groups -OCH3 is 1. The highest BCUT2D eigenvalue weighted by Gasteiger charge is 2.19. The van der Waals surface area contributed by atoms with Crippen LogP contribution in [0.4, 0.5) is 5.69 Å². The molecule has 142 valence electrons. The number of nitrogens with zero attached hydrogens (tertiary/aromatic N) is 3. The maximum Gasteiger partial charge on any atom is 0.237 e. The lowest BCUT2D eigenvalue weighted by molar-refractivity contribution is -0.115. The van der Waals surface area contributed by atoms with Gasteiger partial charge in [-0.15, -0.1) is 10.2 Å². The molecule has 1 aromatic heterocycles. The summed E-state index contributed by atoms with van der Waals surface area (Å²) in [6, 6.07) is 3.51. The van der Waals surface area contributed by atoms with Crippen molar-refractivity contribution in [1.29, 1.82) is 0 Å². The monoisotopic (exact) mass is 396 g/mol. The first-order valence-corrected chi connectivity index (χ1v) is 9.91. The van der Waals surface area contributed by atoms with Crippen molar-refractivity contribution in [3.63, 3.8) is 0 Å². The number of thioether (sulfide) groups is 1. The summed E-state index contributed by atoms with van der Waals surface area (Å²) in [4.78, 5) is 12.6. The number of aryl methyl sites for hydroxylation is 2. The third kappa shape index (κ3) is 5.38. The van der Waals surface area contributed by atoms with Crippen LogP contribution in [0, 0.1) is 6.92 Å². The van der Waals surface area contributed by atoms with E-state index >= 15 is 0 Å². The zero-order chi connectivity index (χ0) is 19.1. The molecule has 0 unspecified atom stereocenters. The highest BCUT2D eigenvalue weighted by atomic mass is 35.5. The van der Waals surface area contributed by atoms with Gasteiger partial charge in [0.05, 0.1) is 18.0 Å². The number of rotatable bonds is 9.